The number of rotatable bonds is 23. The van der Waals surface area contributed by atoms with E-state index in [0.29, 0.717) is 25.8 Å². The highest BCUT2D eigenvalue weighted by molar-refractivity contribution is 5.90. The number of amides is 2. The van der Waals surface area contributed by atoms with Crippen molar-refractivity contribution >= 4 is 23.8 Å². The Labute approximate surface area is 217 Å². The van der Waals surface area contributed by atoms with Crippen molar-refractivity contribution in [2.75, 3.05) is 6.54 Å². The number of hydrogen-bond donors (Lipinski definition) is 6. The van der Waals surface area contributed by atoms with Crippen LogP contribution in [0.15, 0.2) is 0 Å². The molecule has 0 radical (unpaired) electrons. The number of carbonyl (C=O) groups is 4. The Morgan fingerprint density at radius 3 is 1.61 bits per heavy atom. The molecule has 0 bridgehead atoms. The van der Waals surface area contributed by atoms with E-state index < -0.39 is 35.8 Å². The molecule has 0 spiro atoms. The molecule has 10 nitrogen and oxygen atoms in total. The lowest BCUT2D eigenvalue weighted by molar-refractivity contribution is -0.142. The van der Waals surface area contributed by atoms with Gasteiger partial charge in [-0.1, -0.05) is 84.0 Å². The number of nitrogens with two attached hydrogens (primary N) is 3. The molecule has 2 atom stereocenters. The molecular weight excluding hydrogens is 464 g/mol. The van der Waals surface area contributed by atoms with E-state index in [2.05, 4.69) is 12.2 Å². The molecule has 2 amide bonds. The standard InChI is InChI=1S/C16H32O2.C10H20N4O4/c1-2-3-4-5-6-7-8-9-10-11-12-13-14-15-16(17)18;11-4-2-1-3-7(10(17)18)14-9(16)6(12)5-8(13)15/h2-15H2,1H3,(H,17,18);6-7H,1-5,11-12H2,(H2,13,15)(H,14,16)(H,17,18)/t;6-,7-/m.0/s1. The Hall–Kier alpha value is -2.20. The second-order valence-corrected chi connectivity index (χ2v) is 9.35. The molecule has 212 valence electrons. The zero-order valence-corrected chi connectivity index (χ0v) is 22.3. The van der Waals surface area contributed by atoms with E-state index in [9.17, 15) is 19.2 Å². The fraction of sp³-hybridized carbons (Fsp3) is 0.846. The van der Waals surface area contributed by atoms with Gasteiger partial charge in [-0.05, 0) is 32.2 Å². The van der Waals surface area contributed by atoms with Crippen LogP contribution in [0.4, 0.5) is 0 Å². The average molecular weight is 517 g/mol. The van der Waals surface area contributed by atoms with Gasteiger partial charge < -0.3 is 32.7 Å². The molecule has 0 saturated heterocycles. The lowest BCUT2D eigenvalue weighted by atomic mass is 10.0. The Morgan fingerprint density at radius 1 is 0.750 bits per heavy atom. The van der Waals surface area contributed by atoms with Crippen LogP contribution in [-0.4, -0.2) is 52.6 Å². The molecule has 0 aromatic heterocycles. The maximum Gasteiger partial charge on any atom is 0.326 e. The molecule has 0 aliphatic heterocycles. The van der Waals surface area contributed by atoms with E-state index >= 15 is 0 Å². The first-order valence-electron chi connectivity index (χ1n) is 13.6. The van der Waals surface area contributed by atoms with Crippen LogP contribution < -0.4 is 22.5 Å². The van der Waals surface area contributed by atoms with Crippen LogP contribution in [-0.2, 0) is 19.2 Å². The van der Waals surface area contributed by atoms with Gasteiger partial charge in [-0.25, -0.2) is 4.79 Å². The molecule has 0 unspecified atom stereocenters. The van der Waals surface area contributed by atoms with Crippen molar-refractivity contribution in [3.63, 3.8) is 0 Å². The molecule has 0 aliphatic rings. The normalized spacial score (nSPS) is 12.2. The predicted molar refractivity (Wildman–Crippen MR) is 142 cm³/mol. The van der Waals surface area contributed by atoms with Gasteiger partial charge in [-0.2, -0.15) is 0 Å². The topological polar surface area (TPSA) is 199 Å². The van der Waals surface area contributed by atoms with E-state index in [1.807, 2.05) is 0 Å². The summed E-state index contributed by atoms with van der Waals surface area (Å²) in [6, 6.07) is -2.15. The Bertz CT molecular complexity index is 589. The number of aliphatic carboxylic acids is 2. The number of carboxylic acid groups (broad SMARTS) is 2. The van der Waals surface area contributed by atoms with Crippen LogP contribution >= 0.6 is 0 Å². The molecule has 0 aromatic carbocycles. The summed E-state index contributed by atoms with van der Waals surface area (Å²) in [5.74, 6) is -3.22. The van der Waals surface area contributed by atoms with Crippen LogP contribution in [0.1, 0.15) is 122 Å². The second-order valence-electron chi connectivity index (χ2n) is 9.35. The minimum Gasteiger partial charge on any atom is -0.481 e. The average Bonchev–Trinajstić information content (AvgIpc) is 2.81. The van der Waals surface area contributed by atoms with Crippen molar-refractivity contribution in [2.24, 2.45) is 17.2 Å². The molecular formula is C26H52N4O6. The monoisotopic (exact) mass is 516 g/mol. The molecule has 36 heavy (non-hydrogen) atoms. The Balaban J connectivity index is 0. The van der Waals surface area contributed by atoms with E-state index in [1.54, 1.807) is 0 Å². The quantitative estimate of drug-likeness (QED) is 0.111. The van der Waals surface area contributed by atoms with Crippen LogP contribution in [0, 0.1) is 0 Å². The highest BCUT2D eigenvalue weighted by atomic mass is 16.4. The van der Waals surface area contributed by atoms with Gasteiger partial charge >= 0.3 is 11.9 Å². The van der Waals surface area contributed by atoms with Gasteiger partial charge in [0.15, 0.2) is 0 Å². The summed E-state index contributed by atoms with van der Waals surface area (Å²) in [5.41, 5.74) is 15.6. The molecule has 0 saturated carbocycles. The molecule has 0 aromatic rings. The summed E-state index contributed by atoms with van der Waals surface area (Å²) in [7, 11) is 0. The lowest BCUT2D eigenvalue weighted by Crippen LogP contribution is -2.49. The number of nitrogens with one attached hydrogen (secondary N) is 1. The van der Waals surface area contributed by atoms with Crippen molar-refractivity contribution in [1.82, 2.24) is 5.32 Å². The van der Waals surface area contributed by atoms with Crippen molar-refractivity contribution in [1.29, 1.82) is 0 Å². The van der Waals surface area contributed by atoms with Gasteiger partial charge in [0.2, 0.25) is 11.8 Å². The van der Waals surface area contributed by atoms with Crippen molar-refractivity contribution < 1.29 is 29.4 Å². The first-order chi connectivity index (χ1) is 17.1. The van der Waals surface area contributed by atoms with Gasteiger partial charge in [-0.3, -0.25) is 14.4 Å². The number of hydrogen-bond acceptors (Lipinski definition) is 6. The summed E-state index contributed by atoms with van der Waals surface area (Å²) in [4.78, 5) is 43.3. The van der Waals surface area contributed by atoms with E-state index in [-0.39, 0.29) is 12.8 Å². The summed E-state index contributed by atoms with van der Waals surface area (Å²) in [6.07, 6.45) is 18.5. The summed E-state index contributed by atoms with van der Waals surface area (Å²) >= 11 is 0. The molecule has 0 fully saturated rings. The van der Waals surface area contributed by atoms with E-state index in [1.165, 1.54) is 70.6 Å². The van der Waals surface area contributed by atoms with E-state index in [4.69, 9.17) is 27.4 Å². The third-order valence-corrected chi connectivity index (χ3v) is 5.81. The first-order valence-corrected chi connectivity index (χ1v) is 13.6. The first kappa shape index (κ1) is 36.0. The van der Waals surface area contributed by atoms with Crippen LogP contribution in [0.3, 0.4) is 0 Å². The fourth-order valence-corrected chi connectivity index (χ4v) is 3.63. The Kier molecular flexibility index (Phi) is 25.9. The zero-order valence-electron chi connectivity index (χ0n) is 22.3. The molecule has 0 rings (SSSR count). The third kappa shape index (κ3) is 26.4. The van der Waals surface area contributed by atoms with Gasteiger partial charge in [-0.15, -0.1) is 0 Å². The number of primary amides is 1. The highest BCUT2D eigenvalue weighted by Gasteiger charge is 2.23. The van der Waals surface area contributed by atoms with E-state index in [0.717, 1.165) is 12.8 Å². The SMILES string of the molecule is CCCCCCCCCCCCCCCC(=O)O.NCCCC[C@H](NC(=O)[C@@H](N)CC(N)=O)C(=O)O. The Morgan fingerprint density at radius 2 is 1.22 bits per heavy atom. The molecule has 10 heteroatoms. The number of carboxylic acids is 2. The third-order valence-electron chi connectivity index (χ3n) is 5.81. The maximum absolute atomic E-state index is 11.5. The van der Waals surface area contributed by atoms with Crippen molar-refractivity contribution in [2.45, 2.75) is 135 Å². The minimum atomic E-state index is -1.15. The van der Waals surface area contributed by atoms with Crippen LogP contribution in [0.2, 0.25) is 0 Å². The fourth-order valence-electron chi connectivity index (χ4n) is 3.63. The van der Waals surface area contributed by atoms with Crippen LogP contribution in [0.25, 0.3) is 0 Å². The summed E-state index contributed by atoms with van der Waals surface area (Å²) < 4.78 is 0. The van der Waals surface area contributed by atoms with Gasteiger partial charge in [0.05, 0.1) is 12.5 Å². The second kappa shape index (κ2) is 25.9. The lowest BCUT2D eigenvalue weighted by Gasteiger charge is -2.17. The summed E-state index contributed by atoms with van der Waals surface area (Å²) in [6.45, 7) is 2.72. The largest absolute Gasteiger partial charge is 0.481 e. The maximum atomic E-state index is 11.5. The molecule has 0 heterocycles. The smallest absolute Gasteiger partial charge is 0.326 e. The highest BCUT2D eigenvalue weighted by Crippen LogP contribution is 2.12. The zero-order chi connectivity index (χ0) is 27.6. The molecule has 0 aliphatic carbocycles. The minimum absolute atomic E-state index is 0.265. The molecule has 9 N–H and O–H groups in total. The van der Waals surface area contributed by atoms with Gasteiger partial charge in [0.25, 0.3) is 0 Å². The number of unbranched alkanes of at least 4 members (excludes halogenated alkanes) is 13. The van der Waals surface area contributed by atoms with Gasteiger partial charge in [0, 0.05) is 6.42 Å². The number of carbonyl (C=O) groups excluding carboxylic acids is 2. The predicted octanol–water partition coefficient (Wildman–Crippen LogP) is 3.44. The van der Waals surface area contributed by atoms with Gasteiger partial charge in [0.1, 0.15) is 6.04 Å². The van der Waals surface area contributed by atoms with Crippen LogP contribution in [0.5, 0.6) is 0 Å². The summed E-state index contributed by atoms with van der Waals surface area (Å²) in [5, 5.41) is 19.7. The van der Waals surface area contributed by atoms with Crippen molar-refractivity contribution in [3.8, 4) is 0 Å². The van der Waals surface area contributed by atoms with Crippen molar-refractivity contribution in [3.05, 3.63) is 0 Å².